The fourth-order valence-electron chi connectivity index (χ4n) is 9.63. The summed E-state index contributed by atoms with van der Waals surface area (Å²) in [4.78, 5) is 36.0. The number of allylic oxidation sites excluding steroid dienone is 3. The highest BCUT2D eigenvalue weighted by Gasteiger charge is 2.22. The Labute approximate surface area is 474 Å². The van der Waals surface area contributed by atoms with E-state index in [1.165, 1.54) is 0 Å². The Bertz CT molecular complexity index is 3510. The lowest BCUT2D eigenvalue weighted by Crippen LogP contribution is -2.33. The summed E-state index contributed by atoms with van der Waals surface area (Å²) in [5.41, 5.74) is 30.0. The molecule has 78 heavy (non-hydrogen) atoms. The molecule has 0 aliphatic heterocycles. The monoisotopic (exact) mass is 1170 g/mol. The molecule has 0 atom stereocenters. The van der Waals surface area contributed by atoms with Crippen LogP contribution in [0.1, 0.15) is 91.0 Å². The Morgan fingerprint density at radius 2 is 1.13 bits per heavy atom. The molecular formula is C64H67Br2N10O2+. The quantitative estimate of drug-likeness (QED) is 0.0143. The van der Waals surface area contributed by atoms with Crippen LogP contribution in [0.25, 0.3) is 38.9 Å². The Morgan fingerprint density at radius 1 is 0.590 bits per heavy atom. The highest BCUT2D eigenvalue weighted by molar-refractivity contribution is 9.11. The van der Waals surface area contributed by atoms with Crippen molar-refractivity contribution in [1.29, 1.82) is 0 Å². The molecule has 0 unspecified atom stereocenters. The molecule has 0 saturated heterocycles. The van der Waals surface area contributed by atoms with E-state index in [2.05, 4.69) is 113 Å². The molecule has 9 rings (SSSR count). The SMILES string of the molecule is CC1=CC(=Nc2cc(Br)c(N)cc2Nc2ccccc2)CC=C1NCCCCCCNC(=O)c1ccc(-c2ccc(C(=O)NCCCCCCNc3cc4c(cc3C)nc3cc(Br)c(N)cc3[n+]4-c3ccccc3)cc2)cc1. The molecule has 12 nitrogen and oxygen atoms in total. The van der Waals surface area contributed by atoms with Gasteiger partial charge < -0.3 is 38.1 Å². The number of fused-ring (bicyclic) bond motifs is 2. The van der Waals surface area contributed by atoms with Gasteiger partial charge in [-0.25, -0.2) is 4.98 Å². The smallest absolute Gasteiger partial charge is 0.251 e. The van der Waals surface area contributed by atoms with Crippen LogP contribution in [0.4, 0.5) is 34.1 Å². The number of hydrogen-bond donors (Lipinski definition) is 7. The van der Waals surface area contributed by atoms with Crippen molar-refractivity contribution in [3.8, 4) is 16.8 Å². The molecule has 0 saturated carbocycles. The zero-order valence-electron chi connectivity index (χ0n) is 44.3. The van der Waals surface area contributed by atoms with Crippen molar-refractivity contribution >= 4 is 106 Å². The molecule has 1 aliphatic rings. The Kier molecular flexibility index (Phi) is 18.7. The van der Waals surface area contributed by atoms with Crippen molar-refractivity contribution in [2.24, 2.45) is 4.99 Å². The number of rotatable bonds is 23. The minimum absolute atomic E-state index is 0.0742. The number of aryl methyl sites for hydroxylation is 1. The second-order valence-corrected chi connectivity index (χ2v) is 21.5. The van der Waals surface area contributed by atoms with Crippen molar-refractivity contribution < 1.29 is 14.2 Å². The van der Waals surface area contributed by atoms with Gasteiger partial charge in [-0.05, 0) is 160 Å². The predicted octanol–water partition coefficient (Wildman–Crippen LogP) is 14.4. The first-order valence-corrected chi connectivity index (χ1v) is 28.5. The number of nitrogens with one attached hydrogen (secondary N) is 5. The van der Waals surface area contributed by atoms with E-state index in [-0.39, 0.29) is 11.8 Å². The number of carbonyl (C=O) groups is 2. The van der Waals surface area contributed by atoms with Gasteiger partial charge in [-0.15, -0.1) is 4.57 Å². The number of hydrogen-bond acceptors (Lipinski definition) is 9. The highest BCUT2D eigenvalue weighted by atomic mass is 79.9. The normalized spacial score (nSPS) is 12.8. The van der Waals surface area contributed by atoms with Crippen LogP contribution in [-0.2, 0) is 0 Å². The number of anilines is 5. The van der Waals surface area contributed by atoms with Crippen LogP contribution in [0.5, 0.6) is 0 Å². The molecule has 1 heterocycles. The number of halogens is 2. The number of nitrogens with two attached hydrogens (primary N) is 2. The van der Waals surface area contributed by atoms with Gasteiger partial charge in [0.2, 0.25) is 16.7 Å². The molecule has 0 spiro atoms. The number of nitrogens with zero attached hydrogens (tertiary/aromatic N) is 3. The van der Waals surface area contributed by atoms with Crippen molar-refractivity contribution in [2.45, 2.75) is 71.6 Å². The minimum atomic E-state index is -0.0777. The fraction of sp³-hybridized carbons (Fsp3) is 0.234. The molecule has 7 aromatic carbocycles. The van der Waals surface area contributed by atoms with Gasteiger partial charge in [0.25, 0.3) is 11.8 Å². The van der Waals surface area contributed by atoms with Gasteiger partial charge in [-0.3, -0.25) is 14.6 Å². The lowest BCUT2D eigenvalue weighted by molar-refractivity contribution is -0.538. The fourth-order valence-corrected chi connectivity index (χ4v) is 10.3. The maximum absolute atomic E-state index is 13.0. The minimum Gasteiger partial charge on any atom is -0.398 e. The van der Waals surface area contributed by atoms with E-state index in [1.54, 1.807) is 0 Å². The molecule has 2 amide bonds. The van der Waals surface area contributed by atoms with Crippen molar-refractivity contribution in [2.75, 3.05) is 48.3 Å². The van der Waals surface area contributed by atoms with Crippen LogP contribution in [-0.4, -0.2) is 48.7 Å². The first-order valence-electron chi connectivity index (χ1n) is 26.9. The molecule has 398 valence electrons. The second-order valence-electron chi connectivity index (χ2n) is 19.8. The Morgan fingerprint density at radius 3 is 1.74 bits per heavy atom. The molecule has 14 heteroatoms. The third kappa shape index (κ3) is 14.2. The molecule has 8 aromatic rings. The second kappa shape index (κ2) is 26.5. The van der Waals surface area contributed by atoms with E-state index >= 15 is 0 Å². The van der Waals surface area contributed by atoms with Gasteiger partial charge in [0, 0.05) is 105 Å². The average Bonchev–Trinajstić information content (AvgIpc) is 3.60. The van der Waals surface area contributed by atoms with Crippen molar-refractivity contribution in [3.05, 3.63) is 195 Å². The van der Waals surface area contributed by atoms with E-state index in [0.29, 0.717) is 35.6 Å². The third-order valence-electron chi connectivity index (χ3n) is 13.9. The summed E-state index contributed by atoms with van der Waals surface area (Å²) >= 11 is 7.15. The van der Waals surface area contributed by atoms with E-state index in [0.717, 1.165) is 164 Å². The van der Waals surface area contributed by atoms with Gasteiger partial charge in [-0.1, -0.05) is 92.4 Å². The number of aliphatic imine (C=N–C) groups is 1. The van der Waals surface area contributed by atoms with Gasteiger partial charge in [0.1, 0.15) is 11.0 Å². The first-order chi connectivity index (χ1) is 38.0. The zero-order chi connectivity index (χ0) is 54.4. The number of aromatic nitrogens is 2. The van der Waals surface area contributed by atoms with Crippen LogP contribution in [0, 0.1) is 6.92 Å². The molecule has 1 aliphatic carbocycles. The van der Waals surface area contributed by atoms with Crippen molar-refractivity contribution in [1.82, 2.24) is 20.9 Å². The molecule has 9 N–H and O–H groups in total. The first kappa shape index (κ1) is 55.0. The van der Waals surface area contributed by atoms with Crippen LogP contribution in [0.15, 0.2) is 183 Å². The topological polar surface area (TPSA) is 175 Å². The zero-order valence-corrected chi connectivity index (χ0v) is 47.4. The van der Waals surface area contributed by atoms with Gasteiger partial charge in [0.05, 0.1) is 17.1 Å². The van der Waals surface area contributed by atoms with Crippen molar-refractivity contribution in [3.63, 3.8) is 0 Å². The van der Waals surface area contributed by atoms with Gasteiger partial charge in [-0.2, -0.15) is 0 Å². The summed E-state index contributed by atoms with van der Waals surface area (Å²) in [5, 5.41) is 16.9. The number of nitrogen functional groups attached to an aromatic ring is 2. The largest absolute Gasteiger partial charge is 0.398 e. The predicted molar refractivity (Wildman–Crippen MR) is 329 cm³/mol. The number of amides is 2. The summed E-state index contributed by atoms with van der Waals surface area (Å²) in [5.74, 6) is -0.152. The lowest BCUT2D eigenvalue weighted by atomic mass is 10.0. The number of benzene rings is 7. The molecule has 0 bridgehead atoms. The maximum atomic E-state index is 13.0. The number of unbranched alkanes of at least 4 members (excludes halogenated alkanes) is 6. The summed E-state index contributed by atoms with van der Waals surface area (Å²) in [6, 6.07) is 47.7. The highest BCUT2D eigenvalue weighted by Crippen LogP contribution is 2.36. The number of para-hydroxylation sites is 2. The standard InChI is InChI=1S/C64H66Br2N10O2/c1-42-35-49(74-57-37-51(65)53(67)39-58(57)73-48-17-9-7-10-18-48)29-30-55(42)69-31-13-3-5-15-33-71-63(77)46-25-21-44(22-26-46)45-23-27-47(28-24-45)64(78)72-34-16-6-4-14-32-70-56-41-62-59(36-43(56)2)75-60-38-52(66)54(68)40-61(60)76(62)50-19-11-8-12-20-50/h7-12,17-28,30,35-41,69,73H,3-6,13-16,29,31-34,67H2,1-2H3,(H4,68,70,71,72,77,78)/p+1. The van der Waals surface area contributed by atoms with Crippen LogP contribution in [0.3, 0.4) is 0 Å². The Balaban J connectivity index is 0.639. The van der Waals surface area contributed by atoms with Gasteiger partial charge >= 0.3 is 0 Å². The number of carbonyl (C=O) groups excluding carboxylic acids is 2. The third-order valence-corrected chi connectivity index (χ3v) is 15.3. The van der Waals surface area contributed by atoms with Crippen LogP contribution < -0.4 is 42.6 Å². The summed E-state index contributed by atoms with van der Waals surface area (Å²) < 4.78 is 3.87. The molecule has 0 fully saturated rings. The summed E-state index contributed by atoms with van der Waals surface area (Å²) in [6.07, 6.45) is 13.1. The van der Waals surface area contributed by atoms with Crippen LogP contribution >= 0.6 is 31.9 Å². The maximum Gasteiger partial charge on any atom is 0.251 e. The molecule has 1 aromatic heterocycles. The average molecular weight is 1170 g/mol. The Hall–Kier alpha value is -7.81. The van der Waals surface area contributed by atoms with Crippen LogP contribution in [0.2, 0.25) is 0 Å². The van der Waals surface area contributed by atoms with E-state index in [1.807, 2.05) is 121 Å². The molecule has 0 radical (unpaired) electrons. The summed E-state index contributed by atoms with van der Waals surface area (Å²) in [7, 11) is 0. The van der Waals surface area contributed by atoms with E-state index in [9.17, 15) is 9.59 Å². The van der Waals surface area contributed by atoms with E-state index < -0.39 is 0 Å². The van der Waals surface area contributed by atoms with E-state index in [4.69, 9.17) is 21.4 Å². The molecular weight excluding hydrogens is 1100 g/mol. The lowest BCUT2D eigenvalue weighted by Gasteiger charge is -2.17. The summed E-state index contributed by atoms with van der Waals surface area (Å²) in [6.45, 7) is 7.21. The van der Waals surface area contributed by atoms with Gasteiger partial charge in [0.15, 0.2) is 0 Å².